The molecule has 1 heterocycles. The Labute approximate surface area is 215 Å². The van der Waals surface area contributed by atoms with Crippen LogP contribution in [0.2, 0.25) is 0 Å². The number of carboxylic acid groups (broad SMARTS) is 1. The quantitative estimate of drug-likeness (QED) is 0.447. The van der Waals surface area contributed by atoms with Crippen molar-refractivity contribution in [3.05, 3.63) is 77.9 Å². The highest BCUT2D eigenvalue weighted by Gasteiger charge is 2.41. The van der Waals surface area contributed by atoms with Crippen molar-refractivity contribution in [2.75, 3.05) is 26.7 Å². The van der Waals surface area contributed by atoms with Crippen molar-refractivity contribution in [3.8, 4) is 5.75 Å². The number of nitrogens with zero attached hydrogens (tertiary/aromatic N) is 2. The van der Waals surface area contributed by atoms with Crippen LogP contribution in [0.4, 0.5) is 4.79 Å². The van der Waals surface area contributed by atoms with Crippen LogP contribution in [0, 0.1) is 6.92 Å². The molecule has 1 aliphatic rings. The number of aliphatic carboxylic acids is 1. The first-order chi connectivity index (χ1) is 17.7. The van der Waals surface area contributed by atoms with E-state index < -0.39 is 36.0 Å². The van der Waals surface area contributed by atoms with Gasteiger partial charge in [0.15, 0.2) is 6.17 Å². The SMILES string of the molecule is C=CCNC(=O)N1CCCN(C(=O)c2cccc(OC)c2)C1C(=O)NC(CC(=O)O)c1cccc(C)c1. The average molecular weight is 509 g/mol. The van der Waals surface area contributed by atoms with E-state index in [-0.39, 0.29) is 26.1 Å². The van der Waals surface area contributed by atoms with Gasteiger partial charge in [0.25, 0.3) is 11.8 Å². The molecule has 2 aromatic carbocycles. The van der Waals surface area contributed by atoms with E-state index in [0.717, 1.165) is 5.56 Å². The van der Waals surface area contributed by atoms with E-state index in [4.69, 9.17) is 4.74 Å². The van der Waals surface area contributed by atoms with Crippen LogP contribution in [0.5, 0.6) is 5.75 Å². The Morgan fingerprint density at radius 1 is 1.14 bits per heavy atom. The Kier molecular flexibility index (Phi) is 9.26. The zero-order valence-electron chi connectivity index (χ0n) is 21.0. The van der Waals surface area contributed by atoms with Gasteiger partial charge in [-0.25, -0.2) is 4.79 Å². The summed E-state index contributed by atoms with van der Waals surface area (Å²) in [6.07, 6.45) is 0.307. The molecule has 0 aliphatic carbocycles. The van der Waals surface area contributed by atoms with Crippen molar-refractivity contribution in [1.29, 1.82) is 0 Å². The number of carbonyl (C=O) groups is 4. The monoisotopic (exact) mass is 508 g/mol. The number of ether oxygens (including phenoxy) is 1. The minimum Gasteiger partial charge on any atom is -0.497 e. The summed E-state index contributed by atoms with van der Waals surface area (Å²) >= 11 is 0. The van der Waals surface area contributed by atoms with Crippen LogP contribution in [0.15, 0.2) is 61.2 Å². The van der Waals surface area contributed by atoms with Crippen LogP contribution in [-0.2, 0) is 9.59 Å². The molecule has 10 nitrogen and oxygen atoms in total. The fourth-order valence-electron chi connectivity index (χ4n) is 4.28. The standard InChI is InChI=1S/C27H32N4O6/c1-4-12-28-27(36)31-14-7-13-30(26(35)20-10-6-11-21(16-20)37-3)25(31)24(34)29-22(17-23(32)33)19-9-5-8-18(2)15-19/h4-6,8-11,15-16,22,25H,1,7,12-14,17H2,2-3H3,(H,28,36)(H,29,34)(H,32,33). The summed E-state index contributed by atoms with van der Waals surface area (Å²) in [7, 11) is 1.49. The number of hydrogen-bond donors (Lipinski definition) is 3. The predicted octanol–water partition coefficient (Wildman–Crippen LogP) is 2.71. The lowest BCUT2D eigenvalue weighted by molar-refractivity contribution is -0.138. The van der Waals surface area contributed by atoms with Crippen LogP contribution in [0.1, 0.15) is 40.4 Å². The van der Waals surface area contributed by atoms with E-state index in [0.29, 0.717) is 23.3 Å². The number of benzene rings is 2. The Morgan fingerprint density at radius 2 is 1.86 bits per heavy atom. The molecule has 1 saturated heterocycles. The highest BCUT2D eigenvalue weighted by molar-refractivity contribution is 5.99. The van der Waals surface area contributed by atoms with Gasteiger partial charge in [-0.3, -0.25) is 19.3 Å². The normalized spacial score (nSPS) is 15.9. The fourth-order valence-corrected chi connectivity index (χ4v) is 4.28. The highest BCUT2D eigenvalue weighted by Crippen LogP contribution is 2.23. The number of rotatable bonds is 9. The summed E-state index contributed by atoms with van der Waals surface area (Å²) in [5.41, 5.74) is 1.81. The number of methoxy groups -OCH3 is 1. The lowest BCUT2D eigenvalue weighted by atomic mass is 10.0. The molecule has 1 aliphatic heterocycles. The number of carboxylic acids is 1. The minimum atomic E-state index is -1.29. The smallest absolute Gasteiger partial charge is 0.319 e. The van der Waals surface area contributed by atoms with Gasteiger partial charge < -0.3 is 25.4 Å². The number of carbonyl (C=O) groups excluding carboxylic acids is 3. The summed E-state index contributed by atoms with van der Waals surface area (Å²) in [4.78, 5) is 54.5. The van der Waals surface area contributed by atoms with Crippen molar-refractivity contribution in [2.45, 2.75) is 32.0 Å². The molecule has 0 saturated carbocycles. The number of aryl methyl sites for hydroxylation is 1. The molecule has 10 heteroatoms. The Hall–Kier alpha value is -4.34. The molecule has 0 radical (unpaired) electrons. The van der Waals surface area contributed by atoms with E-state index in [1.54, 1.807) is 42.5 Å². The fraction of sp³-hybridized carbons (Fsp3) is 0.333. The van der Waals surface area contributed by atoms with E-state index in [1.807, 2.05) is 13.0 Å². The number of hydrogen-bond acceptors (Lipinski definition) is 5. The van der Waals surface area contributed by atoms with E-state index in [2.05, 4.69) is 17.2 Å². The molecule has 0 bridgehead atoms. The van der Waals surface area contributed by atoms with Crippen LogP contribution < -0.4 is 15.4 Å². The van der Waals surface area contributed by atoms with Gasteiger partial charge in [0.2, 0.25) is 0 Å². The Balaban J connectivity index is 1.97. The van der Waals surface area contributed by atoms with Gasteiger partial charge >= 0.3 is 12.0 Å². The lowest BCUT2D eigenvalue weighted by Crippen LogP contribution is -2.65. The Bertz CT molecular complexity index is 1170. The summed E-state index contributed by atoms with van der Waals surface area (Å²) in [5.74, 6) is -1.73. The van der Waals surface area contributed by atoms with Crippen LogP contribution in [-0.4, -0.2) is 71.6 Å². The molecule has 3 N–H and O–H groups in total. The summed E-state index contributed by atoms with van der Waals surface area (Å²) in [5, 5.41) is 14.9. The molecule has 2 atom stereocenters. The number of amides is 4. The molecule has 1 fully saturated rings. The summed E-state index contributed by atoms with van der Waals surface area (Å²) < 4.78 is 5.23. The van der Waals surface area contributed by atoms with Crippen molar-refractivity contribution in [1.82, 2.24) is 20.4 Å². The van der Waals surface area contributed by atoms with Gasteiger partial charge in [0.05, 0.1) is 19.6 Å². The summed E-state index contributed by atoms with van der Waals surface area (Å²) in [6.45, 7) is 6.10. The molecule has 0 aromatic heterocycles. The van der Waals surface area contributed by atoms with Gasteiger partial charge in [-0.2, -0.15) is 0 Å². The first-order valence-electron chi connectivity index (χ1n) is 11.9. The molecular weight excluding hydrogens is 476 g/mol. The van der Waals surface area contributed by atoms with Crippen molar-refractivity contribution >= 4 is 23.8 Å². The first-order valence-corrected chi connectivity index (χ1v) is 11.9. The molecular formula is C27H32N4O6. The number of nitrogens with one attached hydrogen (secondary N) is 2. The molecule has 37 heavy (non-hydrogen) atoms. The number of urea groups is 1. The lowest BCUT2D eigenvalue weighted by Gasteiger charge is -2.43. The predicted molar refractivity (Wildman–Crippen MR) is 137 cm³/mol. The summed E-state index contributed by atoms with van der Waals surface area (Å²) in [6, 6.07) is 12.3. The van der Waals surface area contributed by atoms with Gasteiger partial charge in [-0.1, -0.05) is 42.0 Å². The zero-order chi connectivity index (χ0) is 26.9. The van der Waals surface area contributed by atoms with Gasteiger partial charge in [-0.05, 0) is 37.1 Å². The Morgan fingerprint density at radius 3 is 2.54 bits per heavy atom. The van der Waals surface area contributed by atoms with Crippen LogP contribution in [0.25, 0.3) is 0 Å². The maximum absolute atomic E-state index is 13.7. The molecule has 3 rings (SSSR count). The topological polar surface area (TPSA) is 128 Å². The van der Waals surface area contributed by atoms with Crippen molar-refractivity contribution in [2.24, 2.45) is 0 Å². The molecule has 196 valence electrons. The third-order valence-corrected chi connectivity index (χ3v) is 6.00. The van der Waals surface area contributed by atoms with Crippen molar-refractivity contribution in [3.63, 3.8) is 0 Å². The maximum atomic E-state index is 13.7. The molecule has 0 spiro atoms. The second-order valence-corrected chi connectivity index (χ2v) is 8.70. The minimum absolute atomic E-state index is 0.179. The van der Waals surface area contributed by atoms with E-state index >= 15 is 0 Å². The van der Waals surface area contributed by atoms with Crippen LogP contribution in [0.3, 0.4) is 0 Å². The van der Waals surface area contributed by atoms with E-state index in [1.165, 1.54) is 23.0 Å². The van der Waals surface area contributed by atoms with Gasteiger partial charge in [-0.15, -0.1) is 6.58 Å². The molecule has 2 aromatic rings. The highest BCUT2D eigenvalue weighted by atomic mass is 16.5. The molecule has 2 unspecified atom stereocenters. The molecule has 4 amide bonds. The third-order valence-electron chi connectivity index (χ3n) is 6.00. The first kappa shape index (κ1) is 27.3. The second kappa shape index (κ2) is 12.6. The van der Waals surface area contributed by atoms with E-state index in [9.17, 15) is 24.3 Å². The van der Waals surface area contributed by atoms with Crippen molar-refractivity contribution < 1.29 is 29.0 Å². The zero-order valence-corrected chi connectivity index (χ0v) is 21.0. The maximum Gasteiger partial charge on any atom is 0.319 e. The van der Waals surface area contributed by atoms with Gasteiger partial charge in [0, 0.05) is 25.2 Å². The largest absolute Gasteiger partial charge is 0.497 e. The van der Waals surface area contributed by atoms with Gasteiger partial charge in [0.1, 0.15) is 5.75 Å². The average Bonchev–Trinajstić information content (AvgIpc) is 2.90. The van der Waals surface area contributed by atoms with Crippen LogP contribution >= 0.6 is 0 Å². The second-order valence-electron chi connectivity index (χ2n) is 8.70. The third kappa shape index (κ3) is 6.87.